The number of benzene rings is 2. The molecule has 0 radical (unpaired) electrons. The first-order valence-corrected chi connectivity index (χ1v) is 14.1. The number of rotatable bonds is 7. The summed E-state index contributed by atoms with van der Waals surface area (Å²) < 4.78 is 17.6. The molecular formula is C31H42N2O6. The van der Waals surface area contributed by atoms with Crippen LogP contribution in [0.15, 0.2) is 42.5 Å². The molecule has 0 aromatic heterocycles. The molecule has 1 saturated heterocycles. The Morgan fingerprint density at radius 3 is 2.54 bits per heavy atom. The molecule has 1 N–H and O–H groups in total. The summed E-state index contributed by atoms with van der Waals surface area (Å²) in [6.07, 6.45) is 3.41. The fourth-order valence-electron chi connectivity index (χ4n) is 5.23. The summed E-state index contributed by atoms with van der Waals surface area (Å²) >= 11 is 0. The molecule has 39 heavy (non-hydrogen) atoms. The van der Waals surface area contributed by atoms with Crippen LogP contribution in [0.4, 0.5) is 0 Å². The predicted molar refractivity (Wildman–Crippen MR) is 149 cm³/mol. The Bertz CT molecular complexity index is 1100. The molecule has 2 heterocycles. The second-order valence-electron chi connectivity index (χ2n) is 10.9. The number of hydrogen-bond acceptors (Lipinski definition) is 6. The lowest BCUT2D eigenvalue weighted by Crippen LogP contribution is -2.41. The standard InChI is InChI=1S/C31H42N2O6/c1-23(2)8-11-33(22-30(34)35)31(36)26-6-7-29-27(20-26)19-24-4-3-5-25(18-24)21-32(12-15-38-16-17-39-29)28-9-13-37-14-10-28/h3-7,18,20,23,28H,8-17,19,21-22H2,1-2H3,(H,34,35). The molecular weight excluding hydrogens is 496 g/mol. The van der Waals surface area contributed by atoms with E-state index in [1.54, 1.807) is 6.07 Å². The molecule has 1 amide bonds. The van der Waals surface area contributed by atoms with Crippen LogP contribution in [-0.2, 0) is 27.2 Å². The van der Waals surface area contributed by atoms with Crippen LogP contribution in [0.1, 0.15) is 60.2 Å². The maximum absolute atomic E-state index is 13.4. The van der Waals surface area contributed by atoms with Crippen LogP contribution in [0, 0.1) is 5.92 Å². The van der Waals surface area contributed by atoms with Crippen molar-refractivity contribution in [2.24, 2.45) is 5.92 Å². The van der Waals surface area contributed by atoms with Crippen LogP contribution in [0.2, 0.25) is 0 Å². The number of carbonyl (C=O) groups excluding carboxylic acids is 1. The second-order valence-corrected chi connectivity index (χ2v) is 10.9. The topological polar surface area (TPSA) is 88.5 Å². The molecule has 2 bridgehead atoms. The molecule has 0 unspecified atom stereocenters. The van der Waals surface area contributed by atoms with Gasteiger partial charge in [0.15, 0.2) is 0 Å². The number of fused-ring (bicyclic) bond motifs is 3. The maximum atomic E-state index is 13.4. The van der Waals surface area contributed by atoms with E-state index in [-0.39, 0.29) is 12.5 Å². The Morgan fingerprint density at radius 2 is 1.77 bits per heavy atom. The van der Waals surface area contributed by atoms with Crippen LogP contribution < -0.4 is 4.74 Å². The first kappa shape index (κ1) is 29.1. The van der Waals surface area contributed by atoms with Gasteiger partial charge in [0.05, 0.1) is 13.2 Å². The van der Waals surface area contributed by atoms with E-state index in [1.807, 2.05) is 12.1 Å². The number of carboxylic acid groups (broad SMARTS) is 1. The van der Waals surface area contributed by atoms with E-state index in [0.717, 1.165) is 56.7 Å². The van der Waals surface area contributed by atoms with Crippen LogP contribution in [0.3, 0.4) is 0 Å². The highest BCUT2D eigenvalue weighted by molar-refractivity contribution is 5.96. The number of aliphatic carboxylic acids is 1. The molecule has 2 aromatic rings. The molecule has 0 atom stereocenters. The normalized spacial score (nSPS) is 17.6. The summed E-state index contributed by atoms with van der Waals surface area (Å²) in [5.74, 6) is -0.206. The first-order chi connectivity index (χ1) is 18.9. The minimum Gasteiger partial charge on any atom is -0.491 e. The second kappa shape index (κ2) is 14.4. The average molecular weight is 539 g/mol. The third-order valence-corrected chi connectivity index (χ3v) is 7.38. The number of carboxylic acids is 1. The molecule has 0 spiro atoms. The summed E-state index contributed by atoms with van der Waals surface area (Å²) in [5, 5.41) is 9.40. The van der Waals surface area contributed by atoms with Crippen molar-refractivity contribution in [2.75, 3.05) is 52.7 Å². The largest absolute Gasteiger partial charge is 0.491 e. The van der Waals surface area contributed by atoms with Crippen LogP contribution in [0.5, 0.6) is 5.75 Å². The highest BCUT2D eigenvalue weighted by Gasteiger charge is 2.23. The van der Waals surface area contributed by atoms with Crippen molar-refractivity contribution < 1.29 is 28.9 Å². The van der Waals surface area contributed by atoms with Gasteiger partial charge in [0, 0.05) is 50.9 Å². The van der Waals surface area contributed by atoms with Crippen molar-refractivity contribution in [1.82, 2.24) is 9.80 Å². The molecule has 2 aromatic carbocycles. The summed E-state index contributed by atoms with van der Waals surface area (Å²) in [6, 6.07) is 14.5. The van der Waals surface area contributed by atoms with Crippen molar-refractivity contribution in [1.29, 1.82) is 0 Å². The smallest absolute Gasteiger partial charge is 0.323 e. The number of amides is 1. The van der Waals surface area contributed by atoms with Gasteiger partial charge in [-0.3, -0.25) is 14.5 Å². The van der Waals surface area contributed by atoms with Gasteiger partial charge in [-0.15, -0.1) is 0 Å². The van der Waals surface area contributed by atoms with Gasteiger partial charge in [-0.2, -0.15) is 0 Å². The molecule has 212 valence electrons. The van der Waals surface area contributed by atoms with E-state index in [0.29, 0.717) is 56.1 Å². The minimum absolute atomic E-state index is 0.274. The van der Waals surface area contributed by atoms with E-state index >= 15 is 0 Å². The highest BCUT2D eigenvalue weighted by atomic mass is 16.5. The fourth-order valence-corrected chi connectivity index (χ4v) is 5.23. The molecule has 1 fully saturated rings. The average Bonchev–Trinajstić information content (AvgIpc) is 2.92. The van der Waals surface area contributed by atoms with E-state index in [1.165, 1.54) is 10.5 Å². The zero-order valence-electron chi connectivity index (χ0n) is 23.3. The molecule has 8 nitrogen and oxygen atoms in total. The Hall–Kier alpha value is -2.94. The molecule has 4 rings (SSSR count). The lowest BCUT2D eigenvalue weighted by atomic mass is 9.99. The first-order valence-electron chi connectivity index (χ1n) is 14.1. The number of ether oxygens (including phenoxy) is 3. The molecule has 0 aliphatic carbocycles. The van der Waals surface area contributed by atoms with Gasteiger partial charge in [-0.1, -0.05) is 38.1 Å². The van der Waals surface area contributed by atoms with E-state index in [2.05, 4.69) is 43.0 Å². The maximum Gasteiger partial charge on any atom is 0.323 e. The van der Waals surface area contributed by atoms with Crippen LogP contribution in [-0.4, -0.2) is 85.5 Å². The van der Waals surface area contributed by atoms with Crippen molar-refractivity contribution in [2.45, 2.75) is 52.1 Å². The van der Waals surface area contributed by atoms with Gasteiger partial charge in [0.1, 0.15) is 18.9 Å². The lowest BCUT2D eigenvalue weighted by molar-refractivity contribution is -0.137. The Kier molecular flexibility index (Phi) is 10.8. The third kappa shape index (κ3) is 8.78. The fraction of sp³-hybridized carbons (Fsp3) is 0.548. The third-order valence-electron chi connectivity index (χ3n) is 7.38. The summed E-state index contributed by atoms with van der Waals surface area (Å²) in [6.45, 7) is 9.05. The number of nitrogens with zero attached hydrogens (tertiary/aromatic N) is 2. The SMILES string of the molecule is CC(C)CCN(CC(=O)O)C(=O)c1ccc2c(c1)Cc1cccc(c1)CN(C1CCOCC1)CCOCCO2. The molecule has 8 heteroatoms. The summed E-state index contributed by atoms with van der Waals surface area (Å²) in [5.41, 5.74) is 3.76. The van der Waals surface area contributed by atoms with Gasteiger partial charge < -0.3 is 24.2 Å². The Balaban J connectivity index is 1.59. The zero-order chi connectivity index (χ0) is 27.6. The van der Waals surface area contributed by atoms with Crippen LogP contribution >= 0.6 is 0 Å². The molecule has 2 aliphatic heterocycles. The highest BCUT2D eigenvalue weighted by Crippen LogP contribution is 2.26. The van der Waals surface area contributed by atoms with E-state index in [4.69, 9.17) is 14.2 Å². The van der Waals surface area contributed by atoms with Gasteiger partial charge in [-0.05, 0) is 60.1 Å². The monoisotopic (exact) mass is 538 g/mol. The van der Waals surface area contributed by atoms with Gasteiger partial charge in [-0.25, -0.2) is 0 Å². The Morgan fingerprint density at radius 1 is 1.00 bits per heavy atom. The minimum atomic E-state index is -1.01. The van der Waals surface area contributed by atoms with Crippen molar-refractivity contribution >= 4 is 11.9 Å². The van der Waals surface area contributed by atoms with Gasteiger partial charge in [0.2, 0.25) is 0 Å². The zero-order valence-corrected chi connectivity index (χ0v) is 23.3. The quantitative estimate of drug-likeness (QED) is 0.564. The number of carbonyl (C=O) groups is 2. The van der Waals surface area contributed by atoms with Gasteiger partial charge in [0.25, 0.3) is 5.91 Å². The molecule has 0 saturated carbocycles. The van der Waals surface area contributed by atoms with E-state index < -0.39 is 5.97 Å². The van der Waals surface area contributed by atoms with Crippen molar-refractivity contribution in [3.63, 3.8) is 0 Å². The number of hydrogen-bond donors (Lipinski definition) is 1. The lowest BCUT2D eigenvalue weighted by Gasteiger charge is -2.34. The predicted octanol–water partition coefficient (Wildman–Crippen LogP) is 4.24. The van der Waals surface area contributed by atoms with Crippen molar-refractivity contribution in [3.8, 4) is 5.75 Å². The Labute approximate surface area is 231 Å². The summed E-state index contributed by atoms with van der Waals surface area (Å²) in [4.78, 5) is 28.8. The van der Waals surface area contributed by atoms with Crippen molar-refractivity contribution in [3.05, 3.63) is 64.7 Å². The van der Waals surface area contributed by atoms with Crippen LogP contribution in [0.25, 0.3) is 0 Å². The summed E-state index contributed by atoms with van der Waals surface area (Å²) in [7, 11) is 0. The van der Waals surface area contributed by atoms with E-state index in [9.17, 15) is 14.7 Å². The molecule has 2 aliphatic rings. The van der Waals surface area contributed by atoms with Gasteiger partial charge >= 0.3 is 5.97 Å².